The third-order valence-corrected chi connectivity index (χ3v) is 4.26. The molecule has 1 amide bonds. The van der Waals surface area contributed by atoms with Crippen molar-refractivity contribution in [2.75, 3.05) is 13.7 Å². The molecular weight excluding hydrogens is 344 g/mol. The molecule has 2 rings (SSSR count). The van der Waals surface area contributed by atoms with Crippen LogP contribution in [-0.4, -0.2) is 41.5 Å². The van der Waals surface area contributed by atoms with Crippen molar-refractivity contribution in [1.82, 2.24) is 15.3 Å². The third-order valence-electron chi connectivity index (χ3n) is 4.26. The van der Waals surface area contributed by atoms with Crippen LogP contribution in [-0.2, 0) is 14.9 Å². The molecule has 144 valence electrons. The van der Waals surface area contributed by atoms with E-state index in [2.05, 4.69) is 52.9 Å². The van der Waals surface area contributed by atoms with E-state index in [0.29, 0.717) is 11.5 Å². The van der Waals surface area contributed by atoms with Crippen LogP contribution >= 0.6 is 0 Å². The van der Waals surface area contributed by atoms with Gasteiger partial charge in [-0.15, -0.1) is 0 Å². The summed E-state index contributed by atoms with van der Waals surface area (Å²) in [6.45, 7) is 8.12. The lowest BCUT2D eigenvalue weighted by Gasteiger charge is -2.19. The Labute approximate surface area is 159 Å². The first kappa shape index (κ1) is 20.5. The highest BCUT2D eigenvalue weighted by Gasteiger charge is 2.22. The van der Waals surface area contributed by atoms with E-state index >= 15 is 0 Å². The first-order valence-corrected chi connectivity index (χ1v) is 8.70. The van der Waals surface area contributed by atoms with Crippen LogP contribution in [0.3, 0.4) is 0 Å². The van der Waals surface area contributed by atoms with E-state index in [-0.39, 0.29) is 17.5 Å². The number of nitrogens with zero attached hydrogens (tertiary/aromatic N) is 2. The molecule has 7 heteroatoms. The Hall–Kier alpha value is -2.80. The number of aryl methyl sites for hydroxylation is 1. The highest BCUT2D eigenvalue weighted by Crippen LogP contribution is 2.25. The summed E-state index contributed by atoms with van der Waals surface area (Å²) < 4.78 is 4.62. The first-order chi connectivity index (χ1) is 12.7. The van der Waals surface area contributed by atoms with Crippen molar-refractivity contribution < 1.29 is 14.3 Å². The number of amides is 1. The second-order valence-electron chi connectivity index (χ2n) is 7.30. The quantitative estimate of drug-likeness (QED) is 0.779. The van der Waals surface area contributed by atoms with Crippen molar-refractivity contribution in [3.05, 3.63) is 47.3 Å². The van der Waals surface area contributed by atoms with Crippen LogP contribution in [0.4, 0.5) is 0 Å². The van der Waals surface area contributed by atoms with Gasteiger partial charge in [-0.2, -0.15) is 0 Å². The summed E-state index contributed by atoms with van der Waals surface area (Å²) in [5, 5.41) is 2.54. The number of rotatable bonds is 5. The minimum absolute atomic E-state index is 0.0590. The van der Waals surface area contributed by atoms with Gasteiger partial charge in [0.05, 0.1) is 18.4 Å². The number of carbonyl (C=O) groups is 2. The molecule has 1 aromatic carbocycles. The van der Waals surface area contributed by atoms with Gasteiger partial charge >= 0.3 is 5.97 Å². The Morgan fingerprint density at radius 2 is 1.85 bits per heavy atom. The van der Waals surface area contributed by atoms with Crippen LogP contribution in [0.1, 0.15) is 42.4 Å². The van der Waals surface area contributed by atoms with E-state index in [1.807, 2.05) is 12.1 Å². The minimum atomic E-state index is -0.911. The fourth-order valence-electron chi connectivity index (χ4n) is 2.54. The SMILES string of the molecule is COC(=O)[C@H](CN)NC(=O)c1cnc(-c2ccc(C(C)(C)C)cc2)nc1C. The van der Waals surface area contributed by atoms with Gasteiger partial charge in [0.25, 0.3) is 5.91 Å². The third kappa shape index (κ3) is 4.89. The van der Waals surface area contributed by atoms with Crippen molar-refractivity contribution in [3.63, 3.8) is 0 Å². The standard InChI is InChI=1S/C20H26N4O3/c1-12-15(18(25)24-16(10-21)19(26)27-5)11-22-17(23-12)13-6-8-14(9-7-13)20(2,3)4/h6-9,11,16H,10,21H2,1-5H3,(H,24,25)/t16-/m0/s1. The van der Waals surface area contributed by atoms with E-state index < -0.39 is 17.9 Å². The molecule has 0 saturated carbocycles. The van der Waals surface area contributed by atoms with Gasteiger partial charge in [-0.05, 0) is 17.9 Å². The highest BCUT2D eigenvalue weighted by molar-refractivity contribution is 5.97. The molecule has 0 saturated heterocycles. The summed E-state index contributed by atoms with van der Waals surface area (Å²) >= 11 is 0. The maximum atomic E-state index is 12.4. The van der Waals surface area contributed by atoms with Gasteiger partial charge in [-0.1, -0.05) is 45.0 Å². The first-order valence-electron chi connectivity index (χ1n) is 8.70. The average molecular weight is 370 g/mol. The lowest BCUT2D eigenvalue weighted by Crippen LogP contribution is -2.46. The molecule has 0 fully saturated rings. The molecule has 0 bridgehead atoms. The molecule has 0 radical (unpaired) electrons. The lowest BCUT2D eigenvalue weighted by molar-refractivity contribution is -0.142. The molecule has 2 aromatic rings. The normalized spacial score (nSPS) is 12.4. The monoisotopic (exact) mass is 370 g/mol. The molecular formula is C20H26N4O3. The molecule has 0 aliphatic heterocycles. The van der Waals surface area contributed by atoms with Crippen LogP contribution in [0.5, 0.6) is 0 Å². The molecule has 0 spiro atoms. The zero-order valence-corrected chi connectivity index (χ0v) is 16.4. The van der Waals surface area contributed by atoms with Crippen LogP contribution in [0.15, 0.2) is 30.5 Å². The average Bonchev–Trinajstić information content (AvgIpc) is 2.64. The Bertz CT molecular complexity index is 826. The second-order valence-corrected chi connectivity index (χ2v) is 7.30. The van der Waals surface area contributed by atoms with Gasteiger partial charge in [0.15, 0.2) is 5.82 Å². The number of benzene rings is 1. The number of esters is 1. The van der Waals surface area contributed by atoms with E-state index in [1.54, 1.807) is 6.92 Å². The minimum Gasteiger partial charge on any atom is -0.467 e. The van der Waals surface area contributed by atoms with Gasteiger partial charge in [0.2, 0.25) is 0 Å². The van der Waals surface area contributed by atoms with Gasteiger partial charge in [-0.25, -0.2) is 14.8 Å². The fraction of sp³-hybridized carbons (Fsp3) is 0.400. The van der Waals surface area contributed by atoms with Crippen LogP contribution < -0.4 is 11.1 Å². The lowest BCUT2D eigenvalue weighted by atomic mass is 9.87. The predicted octanol–water partition coefficient (Wildman–Crippen LogP) is 1.98. The number of methoxy groups -OCH3 is 1. The number of hydrogen-bond donors (Lipinski definition) is 2. The molecule has 7 nitrogen and oxygen atoms in total. The van der Waals surface area contributed by atoms with Crippen LogP contribution in [0, 0.1) is 6.92 Å². The summed E-state index contributed by atoms with van der Waals surface area (Å²) in [5.74, 6) is -0.532. The van der Waals surface area contributed by atoms with Crippen molar-refractivity contribution in [2.24, 2.45) is 5.73 Å². The largest absolute Gasteiger partial charge is 0.467 e. The number of nitrogens with one attached hydrogen (secondary N) is 1. The molecule has 0 unspecified atom stereocenters. The van der Waals surface area contributed by atoms with Crippen molar-refractivity contribution in [3.8, 4) is 11.4 Å². The zero-order valence-electron chi connectivity index (χ0n) is 16.4. The Morgan fingerprint density at radius 3 is 2.33 bits per heavy atom. The molecule has 3 N–H and O–H groups in total. The van der Waals surface area contributed by atoms with E-state index in [4.69, 9.17) is 5.73 Å². The van der Waals surface area contributed by atoms with Gasteiger partial charge < -0.3 is 15.8 Å². The van der Waals surface area contributed by atoms with Gasteiger partial charge in [0, 0.05) is 18.3 Å². The molecule has 1 heterocycles. The fourth-order valence-corrected chi connectivity index (χ4v) is 2.54. The number of hydrogen-bond acceptors (Lipinski definition) is 6. The smallest absolute Gasteiger partial charge is 0.329 e. The van der Waals surface area contributed by atoms with Crippen molar-refractivity contribution in [2.45, 2.75) is 39.2 Å². The molecule has 1 atom stereocenters. The Kier molecular flexibility index (Phi) is 6.28. The van der Waals surface area contributed by atoms with E-state index in [1.165, 1.54) is 18.9 Å². The maximum absolute atomic E-state index is 12.4. The molecule has 27 heavy (non-hydrogen) atoms. The van der Waals surface area contributed by atoms with E-state index in [9.17, 15) is 9.59 Å². The molecule has 1 aromatic heterocycles. The topological polar surface area (TPSA) is 107 Å². The molecule has 0 aliphatic rings. The summed E-state index contributed by atoms with van der Waals surface area (Å²) in [4.78, 5) is 32.7. The Balaban J connectivity index is 2.22. The summed E-state index contributed by atoms with van der Waals surface area (Å²) in [6, 6.07) is 7.13. The number of ether oxygens (including phenoxy) is 1. The van der Waals surface area contributed by atoms with E-state index in [0.717, 1.165) is 5.56 Å². The van der Waals surface area contributed by atoms with Gasteiger partial charge in [0.1, 0.15) is 6.04 Å². The number of nitrogens with two attached hydrogens (primary N) is 1. The summed E-state index contributed by atoms with van der Waals surface area (Å²) in [6.07, 6.45) is 1.45. The van der Waals surface area contributed by atoms with Crippen LogP contribution in [0.2, 0.25) is 0 Å². The number of carbonyl (C=O) groups excluding carboxylic acids is 2. The van der Waals surface area contributed by atoms with Crippen LogP contribution in [0.25, 0.3) is 11.4 Å². The number of aromatic nitrogens is 2. The summed E-state index contributed by atoms with van der Waals surface area (Å²) in [7, 11) is 1.24. The highest BCUT2D eigenvalue weighted by atomic mass is 16.5. The van der Waals surface area contributed by atoms with Crippen molar-refractivity contribution in [1.29, 1.82) is 0 Å². The van der Waals surface area contributed by atoms with Gasteiger partial charge in [-0.3, -0.25) is 4.79 Å². The van der Waals surface area contributed by atoms with Crippen molar-refractivity contribution >= 4 is 11.9 Å². The molecule has 0 aliphatic carbocycles. The Morgan fingerprint density at radius 1 is 1.22 bits per heavy atom. The second kappa shape index (κ2) is 8.26. The summed E-state index contributed by atoms with van der Waals surface area (Å²) in [5.41, 5.74) is 8.46. The maximum Gasteiger partial charge on any atom is 0.329 e. The zero-order chi connectivity index (χ0) is 20.2. The predicted molar refractivity (Wildman–Crippen MR) is 103 cm³/mol.